The number of rotatable bonds is 6. The number of oxime groups is 1. The number of nitrogens with zero attached hydrogens (tertiary/aromatic N) is 1. The molecule has 0 rings (SSSR count). The number of hydrogen-bond acceptors (Lipinski definition) is 3. The second kappa shape index (κ2) is 7.77. The predicted octanol–water partition coefficient (Wildman–Crippen LogP) is 2.90. The fourth-order valence-electron chi connectivity index (χ4n) is 0.995. The fraction of sp³-hybridized carbons (Fsp3) is 0.800. The van der Waals surface area contributed by atoms with E-state index >= 15 is 0 Å². The van der Waals surface area contributed by atoms with Gasteiger partial charge in [0, 0.05) is 6.92 Å². The summed E-state index contributed by atoms with van der Waals surface area (Å²) in [6, 6.07) is 0. The molecule has 13 heavy (non-hydrogen) atoms. The standard InChI is InChI=1S/C10H19NO2/c1-4-5-6-7-8-9(2)11-13-10(3)12/h4-8H2,1-3H3/b11-9+. The first-order valence-electron chi connectivity index (χ1n) is 4.88. The van der Waals surface area contributed by atoms with Gasteiger partial charge in [-0.2, -0.15) is 0 Å². The average Bonchev–Trinajstić information content (AvgIpc) is 2.09. The molecule has 0 saturated heterocycles. The summed E-state index contributed by atoms with van der Waals surface area (Å²) in [4.78, 5) is 14.9. The van der Waals surface area contributed by atoms with Crippen molar-refractivity contribution in [1.82, 2.24) is 0 Å². The van der Waals surface area contributed by atoms with E-state index in [9.17, 15) is 4.79 Å². The molecule has 0 aliphatic rings. The van der Waals surface area contributed by atoms with Gasteiger partial charge in [-0.1, -0.05) is 31.3 Å². The first-order chi connectivity index (χ1) is 6.16. The van der Waals surface area contributed by atoms with Gasteiger partial charge < -0.3 is 4.84 Å². The predicted molar refractivity (Wildman–Crippen MR) is 53.6 cm³/mol. The van der Waals surface area contributed by atoms with E-state index in [-0.39, 0.29) is 5.97 Å². The molecule has 0 aliphatic heterocycles. The van der Waals surface area contributed by atoms with Gasteiger partial charge in [-0.25, -0.2) is 4.79 Å². The van der Waals surface area contributed by atoms with Crippen LogP contribution in [0.25, 0.3) is 0 Å². The van der Waals surface area contributed by atoms with Gasteiger partial charge in [-0.3, -0.25) is 0 Å². The Labute approximate surface area is 80.1 Å². The number of unbranched alkanes of at least 4 members (excludes halogenated alkanes) is 3. The molecule has 0 radical (unpaired) electrons. The average molecular weight is 185 g/mol. The van der Waals surface area contributed by atoms with Crippen LogP contribution in [0.2, 0.25) is 0 Å². The maximum absolute atomic E-state index is 10.4. The largest absolute Gasteiger partial charge is 0.331 e. The monoisotopic (exact) mass is 185 g/mol. The zero-order valence-electron chi connectivity index (χ0n) is 8.80. The lowest BCUT2D eigenvalue weighted by molar-refractivity contribution is -0.140. The van der Waals surface area contributed by atoms with Gasteiger partial charge >= 0.3 is 5.97 Å². The molecule has 0 saturated carbocycles. The Bertz CT molecular complexity index is 176. The van der Waals surface area contributed by atoms with Gasteiger partial charge in [-0.05, 0) is 19.8 Å². The molecule has 0 heterocycles. The summed E-state index contributed by atoms with van der Waals surface area (Å²) < 4.78 is 0. The van der Waals surface area contributed by atoms with Gasteiger partial charge in [-0.15, -0.1) is 0 Å². The van der Waals surface area contributed by atoms with Crippen molar-refractivity contribution in [3.05, 3.63) is 0 Å². The van der Waals surface area contributed by atoms with Gasteiger partial charge in [0.25, 0.3) is 0 Å². The summed E-state index contributed by atoms with van der Waals surface area (Å²) in [5, 5.41) is 3.69. The van der Waals surface area contributed by atoms with E-state index < -0.39 is 0 Å². The SMILES string of the molecule is CCCCCC/C(C)=N/OC(C)=O. The van der Waals surface area contributed by atoms with E-state index in [1.807, 2.05) is 6.92 Å². The summed E-state index contributed by atoms with van der Waals surface area (Å²) >= 11 is 0. The second-order valence-electron chi connectivity index (χ2n) is 3.22. The molecule has 0 amide bonds. The van der Waals surface area contributed by atoms with E-state index in [1.165, 1.54) is 26.2 Å². The third-order valence-electron chi connectivity index (χ3n) is 1.72. The van der Waals surface area contributed by atoms with Crippen molar-refractivity contribution in [1.29, 1.82) is 0 Å². The quantitative estimate of drug-likeness (QED) is 0.276. The molecular weight excluding hydrogens is 166 g/mol. The molecule has 0 spiro atoms. The molecule has 0 aromatic heterocycles. The Morgan fingerprint density at radius 2 is 1.92 bits per heavy atom. The third kappa shape index (κ3) is 9.05. The van der Waals surface area contributed by atoms with Crippen LogP contribution in [0.1, 0.15) is 52.9 Å². The molecule has 76 valence electrons. The summed E-state index contributed by atoms with van der Waals surface area (Å²) in [7, 11) is 0. The first-order valence-corrected chi connectivity index (χ1v) is 4.88. The highest BCUT2D eigenvalue weighted by Gasteiger charge is 1.94. The van der Waals surface area contributed by atoms with Crippen molar-refractivity contribution in [3.8, 4) is 0 Å². The van der Waals surface area contributed by atoms with Gasteiger partial charge in [0.1, 0.15) is 0 Å². The van der Waals surface area contributed by atoms with E-state index in [0.29, 0.717) is 0 Å². The Hall–Kier alpha value is -0.860. The van der Waals surface area contributed by atoms with E-state index in [4.69, 9.17) is 0 Å². The third-order valence-corrected chi connectivity index (χ3v) is 1.72. The lowest BCUT2D eigenvalue weighted by Crippen LogP contribution is -1.97. The normalized spacial score (nSPS) is 11.5. The molecular formula is C10H19NO2. The van der Waals surface area contributed by atoms with Crippen molar-refractivity contribution in [3.63, 3.8) is 0 Å². The van der Waals surface area contributed by atoms with E-state index in [1.54, 1.807) is 0 Å². The van der Waals surface area contributed by atoms with Crippen LogP contribution in [0, 0.1) is 0 Å². The van der Waals surface area contributed by atoms with Crippen LogP contribution in [0.4, 0.5) is 0 Å². The molecule has 3 nitrogen and oxygen atoms in total. The summed E-state index contributed by atoms with van der Waals surface area (Å²) in [5.74, 6) is -0.354. The van der Waals surface area contributed by atoms with Crippen molar-refractivity contribution in [2.24, 2.45) is 5.16 Å². The number of carbonyl (C=O) groups excluding carboxylic acids is 1. The maximum atomic E-state index is 10.4. The van der Waals surface area contributed by atoms with Crippen molar-refractivity contribution in [2.45, 2.75) is 52.9 Å². The summed E-state index contributed by atoms with van der Waals surface area (Å²) in [6.45, 7) is 5.42. The molecule has 0 aromatic rings. The van der Waals surface area contributed by atoms with Crippen LogP contribution in [0.3, 0.4) is 0 Å². The lowest BCUT2D eigenvalue weighted by atomic mass is 10.1. The molecule has 0 atom stereocenters. The van der Waals surface area contributed by atoms with Crippen LogP contribution in [0.5, 0.6) is 0 Å². The van der Waals surface area contributed by atoms with Gasteiger partial charge in [0.05, 0.1) is 5.71 Å². The molecule has 0 bridgehead atoms. The summed E-state index contributed by atoms with van der Waals surface area (Å²) in [5.41, 5.74) is 0.895. The van der Waals surface area contributed by atoms with Crippen LogP contribution < -0.4 is 0 Å². The first kappa shape index (κ1) is 12.1. The smallest absolute Gasteiger partial charge is 0.319 e. The molecule has 0 aliphatic carbocycles. The van der Waals surface area contributed by atoms with Crippen LogP contribution in [-0.4, -0.2) is 11.7 Å². The molecule has 0 fully saturated rings. The Morgan fingerprint density at radius 1 is 1.23 bits per heavy atom. The molecule has 0 unspecified atom stereocenters. The number of carbonyl (C=O) groups is 1. The van der Waals surface area contributed by atoms with Crippen LogP contribution in [0.15, 0.2) is 5.16 Å². The fourth-order valence-corrected chi connectivity index (χ4v) is 0.995. The highest BCUT2D eigenvalue weighted by atomic mass is 16.7. The Kier molecular flexibility index (Phi) is 7.26. The Balaban J connectivity index is 3.43. The van der Waals surface area contributed by atoms with Crippen LogP contribution in [-0.2, 0) is 9.63 Å². The minimum absolute atomic E-state index is 0.354. The Morgan fingerprint density at radius 3 is 2.46 bits per heavy atom. The molecule has 0 N–H and O–H groups in total. The minimum Gasteiger partial charge on any atom is -0.319 e. The summed E-state index contributed by atoms with van der Waals surface area (Å²) in [6.07, 6.45) is 5.78. The minimum atomic E-state index is -0.354. The zero-order chi connectivity index (χ0) is 10.1. The van der Waals surface area contributed by atoms with E-state index in [2.05, 4.69) is 16.9 Å². The molecule has 0 aromatic carbocycles. The highest BCUT2D eigenvalue weighted by molar-refractivity contribution is 5.82. The zero-order valence-corrected chi connectivity index (χ0v) is 8.80. The lowest BCUT2D eigenvalue weighted by Gasteiger charge is -1.98. The van der Waals surface area contributed by atoms with Crippen molar-refractivity contribution >= 4 is 11.7 Å². The van der Waals surface area contributed by atoms with Crippen molar-refractivity contribution < 1.29 is 9.63 Å². The van der Waals surface area contributed by atoms with Crippen LogP contribution >= 0.6 is 0 Å². The topological polar surface area (TPSA) is 38.7 Å². The number of hydrogen-bond donors (Lipinski definition) is 0. The maximum Gasteiger partial charge on any atom is 0.331 e. The van der Waals surface area contributed by atoms with Gasteiger partial charge in [0.2, 0.25) is 0 Å². The van der Waals surface area contributed by atoms with E-state index in [0.717, 1.165) is 18.6 Å². The molecule has 3 heteroatoms. The van der Waals surface area contributed by atoms with Crippen molar-refractivity contribution in [2.75, 3.05) is 0 Å². The highest BCUT2D eigenvalue weighted by Crippen LogP contribution is 2.03. The second-order valence-corrected chi connectivity index (χ2v) is 3.22. The van der Waals surface area contributed by atoms with Gasteiger partial charge in [0.15, 0.2) is 0 Å².